The normalized spacial score (nSPS) is 10.4. The third kappa shape index (κ3) is 5.33. The van der Waals surface area contributed by atoms with Crippen LogP contribution in [0.4, 0.5) is 5.69 Å². The van der Waals surface area contributed by atoms with Crippen LogP contribution in [0.5, 0.6) is 11.5 Å². The smallest absolute Gasteiger partial charge is 0.265 e. The molecule has 0 aliphatic rings. The van der Waals surface area contributed by atoms with Gasteiger partial charge in [0.05, 0.1) is 18.8 Å². The number of hydrogen-bond donors (Lipinski definition) is 0. The fourth-order valence-corrected chi connectivity index (χ4v) is 2.92. The van der Waals surface area contributed by atoms with Crippen LogP contribution in [0.15, 0.2) is 77.4 Å². The number of nitrogens with zero attached hydrogens (tertiary/aromatic N) is 2. The molecule has 0 N–H and O–H groups in total. The summed E-state index contributed by atoms with van der Waals surface area (Å²) >= 11 is 3.43. The molecule has 3 aromatic rings. The van der Waals surface area contributed by atoms with Crippen LogP contribution in [0.2, 0.25) is 0 Å². The van der Waals surface area contributed by atoms with Crippen molar-refractivity contribution in [2.45, 2.75) is 13.5 Å². The van der Waals surface area contributed by atoms with Crippen molar-refractivity contribution in [3.8, 4) is 11.5 Å². The molecule has 144 valence electrons. The SMILES string of the molecule is CCOc1ccccc1OCC(=O)N(Cc1ccccn1)c1ccc(Br)cc1. The first-order valence-corrected chi connectivity index (χ1v) is 9.77. The van der Waals surface area contributed by atoms with Gasteiger partial charge in [-0.1, -0.05) is 34.1 Å². The summed E-state index contributed by atoms with van der Waals surface area (Å²) in [7, 11) is 0. The lowest BCUT2D eigenvalue weighted by molar-refractivity contribution is -0.120. The Morgan fingerprint density at radius 3 is 2.29 bits per heavy atom. The van der Waals surface area contributed by atoms with Crippen LogP contribution in [-0.2, 0) is 11.3 Å². The van der Waals surface area contributed by atoms with Gasteiger partial charge < -0.3 is 14.4 Å². The molecular formula is C22H21BrN2O3. The highest BCUT2D eigenvalue weighted by molar-refractivity contribution is 9.10. The summed E-state index contributed by atoms with van der Waals surface area (Å²) in [4.78, 5) is 19.0. The number of carbonyl (C=O) groups excluding carboxylic acids is 1. The number of halogens is 1. The Morgan fingerprint density at radius 1 is 0.964 bits per heavy atom. The van der Waals surface area contributed by atoms with Gasteiger partial charge in [-0.15, -0.1) is 0 Å². The zero-order chi connectivity index (χ0) is 19.8. The van der Waals surface area contributed by atoms with Crippen LogP contribution in [-0.4, -0.2) is 24.1 Å². The van der Waals surface area contributed by atoms with Crippen LogP contribution in [0.3, 0.4) is 0 Å². The third-order valence-electron chi connectivity index (χ3n) is 3.99. The van der Waals surface area contributed by atoms with E-state index < -0.39 is 0 Å². The molecule has 1 aromatic heterocycles. The summed E-state index contributed by atoms with van der Waals surface area (Å²) < 4.78 is 12.3. The standard InChI is InChI=1S/C22H21BrN2O3/c1-2-27-20-8-3-4-9-21(20)28-16-22(26)25(15-18-7-5-6-14-24-18)19-12-10-17(23)11-13-19/h3-14H,2,15-16H2,1H3. The van der Waals surface area contributed by atoms with E-state index in [1.165, 1.54) is 0 Å². The van der Waals surface area contributed by atoms with E-state index in [-0.39, 0.29) is 12.5 Å². The summed E-state index contributed by atoms with van der Waals surface area (Å²) in [6.07, 6.45) is 1.72. The predicted molar refractivity (Wildman–Crippen MR) is 113 cm³/mol. The lowest BCUT2D eigenvalue weighted by atomic mass is 10.2. The summed E-state index contributed by atoms with van der Waals surface area (Å²) in [5.74, 6) is 1.00. The highest BCUT2D eigenvalue weighted by Gasteiger charge is 2.18. The van der Waals surface area contributed by atoms with Crippen LogP contribution in [0.25, 0.3) is 0 Å². The van der Waals surface area contributed by atoms with E-state index in [1.807, 2.05) is 67.6 Å². The highest BCUT2D eigenvalue weighted by Crippen LogP contribution is 2.27. The molecule has 0 spiro atoms. The summed E-state index contributed by atoms with van der Waals surface area (Å²) in [6.45, 7) is 2.69. The second-order valence-corrected chi connectivity index (χ2v) is 6.86. The quantitative estimate of drug-likeness (QED) is 0.501. The van der Waals surface area contributed by atoms with E-state index in [0.717, 1.165) is 15.9 Å². The maximum absolute atomic E-state index is 13.0. The van der Waals surface area contributed by atoms with E-state index in [4.69, 9.17) is 9.47 Å². The molecule has 0 fully saturated rings. The Labute approximate surface area is 173 Å². The molecule has 0 atom stereocenters. The van der Waals surface area contributed by atoms with Gasteiger partial charge in [-0.2, -0.15) is 0 Å². The fourth-order valence-electron chi connectivity index (χ4n) is 2.66. The maximum atomic E-state index is 13.0. The van der Waals surface area contributed by atoms with Gasteiger partial charge >= 0.3 is 0 Å². The van der Waals surface area contributed by atoms with Gasteiger partial charge in [0.25, 0.3) is 5.91 Å². The molecule has 0 saturated carbocycles. The van der Waals surface area contributed by atoms with Crippen LogP contribution >= 0.6 is 15.9 Å². The van der Waals surface area contributed by atoms with E-state index in [9.17, 15) is 4.79 Å². The van der Waals surface area contributed by atoms with Crippen molar-refractivity contribution < 1.29 is 14.3 Å². The Balaban J connectivity index is 1.77. The summed E-state index contributed by atoms with van der Waals surface area (Å²) in [5.41, 5.74) is 1.58. The number of ether oxygens (including phenoxy) is 2. The van der Waals surface area contributed by atoms with E-state index in [2.05, 4.69) is 20.9 Å². The van der Waals surface area contributed by atoms with Gasteiger partial charge in [0.1, 0.15) is 0 Å². The first kappa shape index (κ1) is 19.9. The number of pyridine rings is 1. The van der Waals surface area contributed by atoms with Crippen molar-refractivity contribution >= 4 is 27.5 Å². The number of anilines is 1. The highest BCUT2D eigenvalue weighted by atomic mass is 79.9. The zero-order valence-corrected chi connectivity index (χ0v) is 17.1. The van der Waals surface area contributed by atoms with Crippen molar-refractivity contribution in [3.63, 3.8) is 0 Å². The molecule has 0 aliphatic heterocycles. The number of para-hydroxylation sites is 2. The number of carbonyl (C=O) groups is 1. The lowest BCUT2D eigenvalue weighted by Crippen LogP contribution is -2.34. The molecule has 6 heteroatoms. The number of rotatable bonds is 8. The minimum absolute atomic E-state index is 0.104. The maximum Gasteiger partial charge on any atom is 0.265 e. The molecule has 3 rings (SSSR count). The van der Waals surface area contributed by atoms with Gasteiger partial charge in [-0.3, -0.25) is 9.78 Å². The van der Waals surface area contributed by atoms with Gasteiger partial charge in [-0.05, 0) is 55.5 Å². The molecule has 0 saturated heterocycles. The summed E-state index contributed by atoms with van der Waals surface area (Å²) in [6, 6.07) is 20.6. The second-order valence-electron chi connectivity index (χ2n) is 5.95. The lowest BCUT2D eigenvalue weighted by Gasteiger charge is -2.23. The fraction of sp³-hybridized carbons (Fsp3) is 0.182. The van der Waals surface area contributed by atoms with Gasteiger partial charge in [0.15, 0.2) is 18.1 Å². The molecule has 0 unspecified atom stereocenters. The minimum Gasteiger partial charge on any atom is -0.490 e. The van der Waals surface area contributed by atoms with Crippen molar-refractivity contribution in [1.29, 1.82) is 0 Å². The van der Waals surface area contributed by atoms with Gasteiger partial charge in [0.2, 0.25) is 0 Å². The van der Waals surface area contributed by atoms with Crippen molar-refractivity contribution in [1.82, 2.24) is 4.98 Å². The summed E-state index contributed by atoms with van der Waals surface area (Å²) in [5, 5.41) is 0. The molecule has 2 aromatic carbocycles. The Kier molecular flexibility index (Phi) is 7.03. The number of amides is 1. The Bertz CT molecular complexity index is 901. The zero-order valence-electron chi connectivity index (χ0n) is 15.5. The minimum atomic E-state index is -0.167. The van der Waals surface area contributed by atoms with Crippen LogP contribution in [0.1, 0.15) is 12.6 Å². The molecule has 1 amide bonds. The number of hydrogen-bond acceptors (Lipinski definition) is 4. The van der Waals surface area contributed by atoms with Gasteiger partial charge in [-0.25, -0.2) is 0 Å². The number of aromatic nitrogens is 1. The molecule has 1 heterocycles. The van der Waals surface area contributed by atoms with Crippen molar-refractivity contribution in [3.05, 3.63) is 83.1 Å². The molecule has 28 heavy (non-hydrogen) atoms. The van der Waals surface area contributed by atoms with Gasteiger partial charge in [0, 0.05) is 16.4 Å². The third-order valence-corrected chi connectivity index (χ3v) is 4.51. The van der Waals surface area contributed by atoms with E-state index in [0.29, 0.717) is 24.7 Å². The first-order valence-electron chi connectivity index (χ1n) is 8.98. The topological polar surface area (TPSA) is 51.7 Å². The number of benzene rings is 2. The molecule has 5 nitrogen and oxygen atoms in total. The van der Waals surface area contributed by atoms with Crippen molar-refractivity contribution in [2.75, 3.05) is 18.1 Å². The predicted octanol–water partition coefficient (Wildman–Crippen LogP) is 4.86. The van der Waals surface area contributed by atoms with Crippen LogP contribution in [0, 0.1) is 0 Å². The molecule has 0 radical (unpaired) electrons. The molecule has 0 aliphatic carbocycles. The Hall–Kier alpha value is -2.86. The van der Waals surface area contributed by atoms with E-state index >= 15 is 0 Å². The van der Waals surface area contributed by atoms with Crippen molar-refractivity contribution in [2.24, 2.45) is 0 Å². The average molecular weight is 441 g/mol. The Morgan fingerprint density at radius 2 is 1.64 bits per heavy atom. The monoisotopic (exact) mass is 440 g/mol. The second kappa shape index (κ2) is 9.90. The van der Waals surface area contributed by atoms with Crippen LogP contribution < -0.4 is 14.4 Å². The average Bonchev–Trinajstić information content (AvgIpc) is 2.73. The van der Waals surface area contributed by atoms with E-state index in [1.54, 1.807) is 17.2 Å². The molecule has 0 bridgehead atoms. The molecular weight excluding hydrogens is 420 g/mol. The largest absolute Gasteiger partial charge is 0.490 e. The first-order chi connectivity index (χ1) is 13.7.